The topological polar surface area (TPSA) is 246 Å². The van der Waals surface area contributed by atoms with Crippen LogP contribution in [0.3, 0.4) is 0 Å². The van der Waals surface area contributed by atoms with E-state index in [0.717, 1.165) is 61.4 Å². The average Bonchev–Trinajstić information content (AvgIpc) is 3.87. The van der Waals surface area contributed by atoms with Gasteiger partial charge in [-0.2, -0.15) is 0 Å². The molecule has 17 nitrogen and oxygen atoms in total. The lowest BCUT2D eigenvalue weighted by atomic mass is 9.99. The fourth-order valence-electron chi connectivity index (χ4n) is 6.51. The highest BCUT2D eigenvalue weighted by atomic mass is 32.2. The number of urea groups is 1. The normalized spacial score (nSPS) is 13.3. The van der Waals surface area contributed by atoms with Gasteiger partial charge in [0.15, 0.2) is 0 Å². The first-order valence-electron chi connectivity index (χ1n) is 16.5. The summed E-state index contributed by atoms with van der Waals surface area (Å²) in [5.41, 5.74) is 11.4. The summed E-state index contributed by atoms with van der Waals surface area (Å²) < 4.78 is 30.0. The summed E-state index contributed by atoms with van der Waals surface area (Å²) >= 11 is 0. The van der Waals surface area contributed by atoms with Crippen LogP contribution in [0.1, 0.15) is 53.6 Å². The Morgan fingerprint density at radius 2 is 1.76 bits per heavy atom. The summed E-state index contributed by atoms with van der Waals surface area (Å²) in [6.07, 6.45) is 8.18. The number of nitrogens with zero attached hydrogens (tertiary/aromatic N) is 5. The average molecular weight is 717 g/mol. The number of nitrogens with one attached hydrogen (secondary N) is 4. The maximum Gasteiger partial charge on any atom is 0.333 e. The molecule has 1 aromatic heterocycles. The minimum absolute atomic E-state index is 0.0517. The highest BCUT2D eigenvalue weighted by molar-refractivity contribution is 7.90. The fourth-order valence-corrected chi connectivity index (χ4v) is 7.47. The lowest BCUT2D eigenvalue weighted by Crippen LogP contribution is -2.35. The van der Waals surface area contributed by atoms with Gasteiger partial charge in [-0.25, -0.2) is 17.9 Å². The number of fused-ring (bicyclic) bond motifs is 2. The molecule has 0 fully saturated rings. The second-order valence-corrected chi connectivity index (χ2v) is 14.0. The number of hydrogen-bond acceptors (Lipinski definition) is 12. The summed E-state index contributed by atoms with van der Waals surface area (Å²) in [5, 5.41) is 30.4. The quantitative estimate of drug-likeness (QED) is 0.0392. The van der Waals surface area contributed by atoms with Crippen LogP contribution in [0.2, 0.25) is 0 Å². The van der Waals surface area contributed by atoms with Crippen LogP contribution in [0.4, 0.5) is 38.9 Å². The highest BCUT2D eigenvalue weighted by Gasteiger charge is 2.27. The Labute approximate surface area is 292 Å². The standard InChI is InChI=1S/C33H36N10O7S/c34-30-27(12-13-28(43(47)48)32(30)39-46)35-15-4-16-42-19-23(38-41-42)11-14-29(44)36-22-7-3-8-24(18-22)51(49,50)40-33(45)37-31-25-9-1-5-20(25)17-21-6-2-10-26(21)31/h3,7-8,12-13,17-19,35H,1-2,4-6,9-11,14-16,34H2,(H,36,44)(H2,37,40,45). The second-order valence-electron chi connectivity index (χ2n) is 12.4. The van der Waals surface area contributed by atoms with Crippen molar-refractivity contribution in [3.05, 3.63) is 91.6 Å². The van der Waals surface area contributed by atoms with Crippen molar-refractivity contribution in [1.82, 2.24) is 19.7 Å². The lowest BCUT2D eigenvalue weighted by Gasteiger charge is -2.16. The van der Waals surface area contributed by atoms with Gasteiger partial charge < -0.3 is 21.7 Å². The van der Waals surface area contributed by atoms with Crippen molar-refractivity contribution in [3.8, 4) is 0 Å². The lowest BCUT2D eigenvalue weighted by molar-refractivity contribution is -0.384. The summed E-state index contributed by atoms with van der Waals surface area (Å²) in [6.45, 7) is 0.865. The number of nitroso groups, excluding NO2 is 1. The van der Waals surface area contributed by atoms with Crippen molar-refractivity contribution < 1.29 is 22.9 Å². The van der Waals surface area contributed by atoms with Gasteiger partial charge in [0.2, 0.25) is 11.6 Å². The zero-order valence-corrected chi connectivity index (χ0v) is 28.3. The number of nitro groups is 1. The molecule has 0 bridgehead atoms. The summed E-state index contributed by atoms with van der Waals surface area (Å²) in [7, 11) is -4.24. The maximum absolute atomic E-state index is 13.1. The van der Waals surface area contributed by atoms with Crippen LogP contribution >= 0.6 is 0 Å². The van der Waals surface area contributed by atoms with Crippen LogP contribution in [0, 0.1) is 15.0 Å². The predicted molar refractivity (Wildman–Crippen MR) is 189 cm³/mol. The third-order valence-electron chi connectivity index (χ3n) is 8.92. The van der Waals surface area contributed by atoms with E-state index in [1.807, 2.05) is 0 Å². The number of benzene rings is 3. The number of carbonyl (C=O) groups is 2. The summed E-state index contributed by atoms with van der Waals surface area (Å²) in [4.78, 5) is 46.9. The van der Waals surface area contributed by atoms with E-state index in [4.69, 9.17) is 5.73 Å². The molecule has 0 spiro atoms. The van der Waals surface area contributed by atoms with Gasteiger partial charge in [0, 0.05) is 49.6 Å². The van der Waals surface area contributed by atoms with Gasteiger partial charge in [-0.3, -0.25) is 19.6 Å². The van der Waals surface area contributed by atoms with Crippen molar-refractivity contribution in [1.29, 1.82) is 0 Å². The van der Waals surface area contributed by atoms with Gasteiger partial charge in [0.25, 0.3) is 10.0 Å². The molecular weight excluding hydrogens is 680 g/mol. The number of sulfonamides is 1. The van der Waals surface area contributed by atoms with Gasteiger partial charge in [-0.15, -0.1) is 10.0 Å². The maximum atomic E-state index is 13.1. The SMILES string of the molecule is Nc1c(NCCCn2cc(CCC(=O)Nc3cccc(S(=O)(=O)NC(=O)Nc4c5c(cc6c4CCC6)CCC5)c3)nn2)ccc([N+](=O)[O-])c1N=O. The van der Waals surface area contributed by atoms with Gasteiger partial charge in [0.05, 0.1) is 26.9 Å². The molecule has 6 rings (SSSR count). The Balaban J connectivity index is 0.971. The first kappa shape index (κ1) is 34.9. The van der Waals surface area contributed by atoms with E-state index in [0.29, 0.717) is 30.9 Å². The molecule has 0 atom stereocenters. The highest BCUT2D eigenvalue weighted by Crippen LogP contribution is 2.39. The van der Waals surface area contributed by atoms with Crippen LogP contribution in [0.25, 0.3) is 0 Å². The Morgan fingerprint density at radius 3 is 2.47 bits per heavy atom. The number of carbonyl (C=O) groups excluding carboxylic acids is 2. The first-order valence-corrected chi connectivity index (χ1v) is 17.9. The zero-order valence-electron chi connectivity index (χ0n) is 27.5. The molecule has 0 saturated heterocycles. The van der Waals surface area contributed by atoms with Crippen molar-refractivity contribution in [2.45, 2.75) is 69.2 Å². The fraction of sp³-hybridized carbons (Fsp3) is 0.333. The molecule has 0 radical (unpaired) electrons. The number of aryl methyl sites for hydroxylation is 4. The van der Waals surface area contributed by atoms with Crippen molar-refractivity contribution in [2.75, 3.05) is 28.2 Å². The molecule has 0 unspecified atom stereocenters. The van der Waals surface area contributed by atoms with E-state index in [1.165, 1.54) is 35.4 Å². The van der Waals surface area contributed by atoms with E-state index in [9.17, 15) is 33.0 Å². The molecule has 51 heavy (non-hydrogen) atoms. The molecule has 4 aromatic rings. The Bertz CT molecular complexity index is 2100. The first-order chi connectivity index (χ1) is 24.5. The molecule has 2 aliphatic carbocycles. The van der Waals surface area contributed by atoms with E-state index >= 15 is 0 Å². The smallest absolute Gasteiger partial charge is 0.333 e. The number of nitro benzene ring substituents is 1. The Morgan fingerprint density at radius 1 is 1.02 bits per heavy atom. The van der Waals surface area contributed by atoms with E-state index < -0.39 is 32.4 Å². The number of nitrogens with two attached hydrogens (primary N) is 1. The Kier molecular flexibility index (Phi) is 10.2. The van der Waals surface area contributed by atoms with Gasteiger partial charge >= 0.3 is 11.7 Å². The van der Waals surface area contributed by atoms with E-state index in [-0.39, 0.29) is 35.0 Å². The van der Waals surface area contributed by atoms with Crippen LogP contribution in [0.5, 0.6) is 0 Å². The van der Waals surface area contributed by atoms with E-state index in [1.54, 1.807) is 16.9 Å². The number of amides is 3. The molecule has 266 valence electrons. The van der Waals surface area contributed by atoms with Gasteiger partial charge in [-0.1, -0.05) is 17.3 Å². The number of aromatic nitrogens is 3. The van der Waals surface area contributed by atoms with E-state index in [2.05, 4.69) is 42.2 Å². The van der Waals surface area contributed by atoms with Crippen LogP contribution < -0.4 is 26.4 Å². The minimum atomic E-state index is -4.24. The molecule has 2 aliphatic rings. The Hall–Kier alpha value is -5.91. The van der Waals surface area contributed by atoms with Crippen molar-refractivity contribution in [3.63, 3.8) is 0 Å². The van der Waals surface area contributed by atoms with Gasteiger partial charge in [0.1, 0.15) is 0 Å². The number of rotatable bonds is 14. The third kappa shape index (κ3) is 7.95. The van der Waals surface area contributed by atoms with Crippen LogP contribution in [-0.2, 0) is 53.5 Å². The molecule has 6 N–H and O–H groups in total. The molecule has 3 aromatic carbocycles. The largest absolute Gasteiger partial charge is 0.395 e. The van der Waals surface area contributed by atoms with Crippen molar-refractivity contribution >= 4 is 56.1 Å². The third-order valence-corrected chi connectivity index (χ3v) is 10.3. The minimum Gasteiger partial charge on any atom is -0.395 e. The van der Waals surface area contributed by atoms with Crippen molar-refractivity contribution in [2.24, 2.45) is 5.18 Å². The summed E-state index contributed by atoms with van der Waals surface area (Å²) in [6, 6.07) is 9.63. The van der Waals surface area contributed by atoms with Crippen LogP contribution in [0.15, 0.2) is 58.7 Å². The molecule has 18 heteroatoms. The zero-order chi connectivity index (χ0) is 36.1. The number of anilines is 4. The predicted octanol–water partition coefficient (Wildman–Crippen LogP) is 4.73. The molecule has 0 aliphatic heterocycles. The molecule has 3 amide bonds. The van der Waals surface area contributed by atoms with Crippen LogP contribution in [-0.4, -0.2) is 46.8 Å². The molecular formula is C33H36N10O7S. The second kappa shape index (κ2) is 14.9. The monoisotopic (exact) mass is 716 g/mol. The number of hydrogen-bond donors (Lipinski definition) is 5. The van der Waals surface area contributed by atoms with Gasteiger partial charge in [-0.05, 0) is 96.6 Å². The number of nitrogen functional groups attached to an aromatic ring is 1. The molecule has 1 heterocycles. The molecule has 0 saturated carbocycles. The summed E-state index contributed by atoms with van der Waals surface area (Å²) in [5.74, 6) is -0.370.